The smallest absolute Gasteiger partial charge is 0.296 e. The number of nitrogen functional groups attached to an aromatic ring is 1. The zero-order chi connectivity index (χ0) is 10.2. The molecule has 72 valence electrons. The molecule has 3 N–H and O–H groups in total. The average Bonchev–Trinajstić information content (AvgIpc) is 1.94. The van der Waals surface area contributed by atoms with E-state index < -0.39 is 15.0 Å². The van der Waals surface area contributed by atoms with Crippen LogP contribution in [-0.4, -0.2) is 13.0 Å². The summed E-state index contributed by atoms with van der Waals surface area (Å²) in [5, 5.41) is 0.148. The second-order valence-electron chi connectivity index (χ2n) is 2.28. The van der Waals surface area contributed by atoms with E-state index in [2.05, 4.69) is 0 Å². The summed E-state index contributed by atoms with van der Waals surface area (Å²) in [7, 11) is -4.34. The van der Waals surface area contributed by atoms with E-state index in [-0.39, 0.29) is 15.7 Å². The van der Waals surface area contributed by atoms with Gasteiger partial charge in [-0.15, -0.1) is 0 Å². The SMILES string of the molecule is Nc1cc(Cl)c(Cl)cc1S(=O)(=O)O. The summed E-state index contributed by atoms with van der Waals surface area (Å²) in [5.41, 5.74) is 5.15. The molecular formula is C6H5Cl2NO3S. The van der Waals surface area contributed by atoms with Gasteiger partial charge < -0.3 is 5.73 Å². The Kier molecular flexibility index (Phi) is 2.72. The lowest BCUT2D eigenvalue weighted by atomic mass is 10.3. The molecule has 1 rings (SSSR count). The first-order valence-electron chi connectivity index (χ1n) is 3.04. The number of rotatable bonds is 1. The molecule has 4 nitrogen and oxygen atoms in total. The van der Waals surface area contributed by atoms with Gasteiger partial charge in [-0.25, -0.2) is 0 Å². The molecule has 0 aliphatic carbocycles. The van der Waals surface area contributed by atoms with E-state index >= 15 is 0 Å². The summed E-state index contributed by atoms with van der Waals surface area (Å²) in [5.74, 6) is 0. The zero-order valence-corrected chi connectivity index (χ0v) is 8.49. The first-order chi connectivity index (χ1) is 5.82. The predicted octanol–water partition coefficient (Wildman–Crippen LogP) is 1.82. The van der Waals surface area contributed by atoms with E-state index in [1.54, 1.807) is 0 Å². The van der Waals surface area contributed by atoms with Crippen LogP contribution < -0.4 is 5.73 Å². The summed E-state index contributed by atoms with van der Waals surface area (Å²) >= 11 is 11.1. The molecule has 0 heterocycles. The molecule has 0 bridgehead atoms. The van der Waals surface area contributed by atoms with Gasteiger partial charge in [-0.3, -0.25) is 4.55 Å². The molecule has 1 aromatic carbocycles. The number of hydrogen-bond donors (Lipinski definition) is 2. The molecule has 0 saturated heterocycles. The van der Waals surface area contributed by atoms with E-state index in [1.165, 1.54) is 0 Å². The molecule has 1 aromatic rings. The third-order valence-corrected chi connectivity index (χ3v) is 2.96. The fourth-order valence-corrected chi connectivity index (χ4v) is 1.79. The average molecular weight is 242 g/mol. The van der Waals surface area contributed by atoms with Gasteiger partial charge in [0, 0.05) is 0 Å². The largest absolute Gasteiger partial charge is 0.398 e. The highest BCUT2D eigenvalue weighted by Crippen LogP contribution is 2.29. The van der Waals surface area contributed by atoms with Crippen LogP contribution in [0.4, 0.5) is 5.69 Å². The highest BCUT2D eigenvalue weighted by molar-refractivity contribution is 7.86. The maximum Gasteiger partial charge on any atom is 0.296 e. The van der Waals surface area contributed by atoms with Crippen LogP contribution in [0.15, 0.2) is 17.0 Å². The molecule has 0 aliphatic rings. The topological polar surface area (TPSA) is 80.4 Å². The van der Waals surface area contributed by atoms with Crippen molar-refractivity contribution in [1.29, 1.82) is 0 Å². The van der Waals surface area contributed by atoms with Crippen molar-refractivity contribution in [2.75, 3.05) is 5.73 Å². The molecular weight excluding hydrogens is 237 g/mol. The second-order valence-corrected chi connectivity index (χ2v) is 4.48. The van der Waals surface area contributed by atoms with E-state index in [1.807, 2.05) is 0 Å². The zero-order valence-electron chi connectivity index (χ0n) is 6.16. The van der Waals surface area contributed by atoms with Gasteiger partial charge in [0.1, 0.15) is 4.90 Å². The van der Waals surface area contributed by atoms with Gasteiger partial charge in [0.05, 0.1) is 15.7 Å². The van der Waals surface area contributed by atoms with Crippen LogP contribution in [0.25, 0.3) is 0 Å². The summed E-state index contributed by atoms with van der Waals surface area (Å²) in [6.07, 6.45) is 0. The summed E-state index contributed by atoms with van der Waals surface area (Å²) in [4.78, 5) is -0.443. The molecule has 0 aromatic heterocycles. The second kappa shape index (κ2) is 3.34. The lowest BCUT2D eigenvalue weighted by molar-refractivity contribution is 0.483. The van der Waals surface area contributed by atoms with Crippen LogP contribution in [0.1, 0.15) is 0 Å². The molecule has 0 unspecified atom stereocenters. The Morgan fingerprint density at radius 1 is 1.23 bits per heavy atom. The number of halogens is 2. The van der Waals surface area contributed by atoms with Crippen LogP contribution in [0.2, 0.25) is 10.0 Å². The molecule has 0 radical (unpaired) electrons. The maximum absolute atomic E-state index is 10.7. The van der Waals surface area contributed by atoms with E-state index in [0.29, 0.717) is 0 Å². The Bertz CT molecular complexity index is 443. The van der Waals surface area contributed by atoms with Crippen molar-refractivity contribution in [3.63, 3.8) is 0 Å². The predicted molar refractivity (Wildman–Crippen MR) is 50.7 cm³/mol. The van der Waals surface area contributed by atoms with Crippen molar-refractivity contribution in [1.82, 2.24) is 0 Å². The van der Waals surface area contributed by atoms with E-state index in [0.717, 1.165) is 12.1 Å². The lowest BCUT2D eigenvalue weighted by Gasteiger charge is -2.03. The first kappa shape index (κ1) is 10.6. The molecule has 0 spiro atoms. The third-order valence-electron chi connectivity index (χ3n) is 1.33. The lowest BCUT2D eigenvalue weighted by Crippen LogP contribution is -2.02. The van der Waals surface area contributed by atoms with Crippen molar-refractivity contribution in [2.24, 2.45) is 0 Å². The first-order valence-corrected chi connectivity index (χ1v) is 5.24. The molecule has 13 heavy (non-hydrogen) atoms. The van der Waals surface area contributed by atoms with Crippen LogP contribution in [-0.2, 0) is 10.1 Å². The minimum absolute atomic E-state index is 0.0171. The molecule has 0 amide bonds. The number of anilines is 1. The van der Waals surface area contributed by atoms with E-state index in [9.17, 15) is 8.42 Å². The van der Waals surface area contributed by atoms with Crippen molar-refractivity contribution in [2.45, 2.75) is 4.90 Å². The highest BCUT2D eigenvalue weighted by atomic mass is 35.5. The Morgan fingerprint density at radius 3 is 2.15 bits per heavy atom. The number of nitrogens with two attached hydrogens (primary N) is 1. The Hall–Kier alpha value is -0.490. The van der Waals surface area contributed by atoms with Gasteiger partial charge in [-0.1, -0.05) is 23.2 Å². The molecule has 0 aliphatic heterocycles. The Morgan fingerprint density at radius 2 is 1.69 bits per heavy atom. The Labute approximate surface area is 85.0 Å². The molecule has 0 saturated carbocycles. The minimum Gasteiger partial charge on any atom is -0.398 e. The van der Waals surface area contributed by atoms with Crippen molar-refractivity contribution >= 4 is 39.0 Å². The maximum atomic E-state index is 10.7. The van der Waals surface area contributed by atoms with E-state index in [4.69, 9.17) is 33.5 Å². The van der Waals surface area contributed by atoms with Crippen molar-refractivity contribution < 1.29 is 13.0 Å². The summed E-state index contributed by atoms with van der Waals surface area (Å²) < 4.78 is 30.1. The molecule has 7 heteroatoms. The van der Waals surface area contributed by atoms with Gasteiger partial charge in [0.2, 0.25) is 0 Å². The number of hydrogen-bond acceptors (Lipinski definition) is 3. The van der Waals surface area contributed by atoms with Gasteiger partial charge >= 0.3 is 0 Å². The normalized spacial score (nSPS) is 11.6. The molecule has 0 atom stereocenters. The monoisotopic (exact) mass is 241 g/mol. The number of benzene rings is 1. The van der Waals surface area contributed by atoms with Gasteiger partial charge in [-0.05, 0) is 12.1 Å². The van der Waals surface area contributed by atoms with Gasteiger partial charge in [0.15, 0.2) is 0 Å². The highest BCUT2D eigenvalue weighted by Gasteiger charge is 2.15. The quantitative estimate of drug-likeness (QED) is 0.581. The van der Waals surface area contributed by atoms with Gasteiger partial charge in [-0.2, -0.15) is 8.42 Å². The Balaban J connectivity index is 3.50. The molecule has 0 fully saturated rings. The standard InChI is InChI=1S/C6H5Cl2NO3S/c7-3-1-5(9)6(2-4(3)8)13(10,11)12/h1-2H,9H2,(H,10,11,12). The van der Waals surface area contributed by atoms with Crippen molar-refractivity contribution in [3.05, 3.63) is 22.2 Å². The van der Waals surface area contributed by atoms with Crippen LogP contribution in [0, 0.1) is 0 Å². The van der Waals surface area contributed by atoms with Gasteiger partial charge in [0.25, 0.3) is 10.1 Å². The fourth-order valence-electron chi connectivity index (χ4n) is 0.767. The minimum atomic E-state index is -4.34. The summed E-state index contributed by atoms with van der Waals surface area (Å²) in [6.45, 7) is 0. The van der Waals surface area contributed by atoms with Crippen molar-refractivity contribution in [3.8, 4) is 0 Å². The fraction of sp³-hybridized carbons (Fsp3) is 0. The third kappa shape index (κ3) is 2.25. The van der Waals surface area contributed by atoms with Crippen LogP contribution in [0.5, 0.6) is 0 Å². The van der Waals surface area contributed by atoms with Crippen LogP contribution in [0.3, 0.4) is 0 Å². The summed E-state index contributed by atoms with van der Waals surface area (Å²) in [6, 6.07) is 2.15. The van der Waals surface area contributed by atoms with Crippen LogP contribution >= 0.6 is 23.2 Å².